The lowest BCUT2D eigenvalue weighted by molar-refractivity contribution is 0.102. The van der Waals surface area contributed by atoms with Crippen molar-refractivity contribution >= 4 is 28.9 Å². The van der Waals surface area contributed by atoms with Gasteiger partial charge in [0.25, 0.3) is 5.91 Å². The van der Waals surface area contributed by atoms with Crippen molar-refractivity contribution in [3.05, 3.63) is 71.5 Å². The first-order valence-corrected chi connectivity index (χ1v) is 12.1. The van der Waals surface area contributed by atoms with Crippen LogP contribution >= 0.6 is 0 Å². The Morgan fingerprint density at radius 1 is 0.943 bits per heavy atom. The number of para-hydroxylation sites is 1. The minimum Gasteiger partial charge on any atom is -0.369 e. The average molecular weight is 474 g/mol. The highest BCUT2D eigenvalue weighted by atomic mass is 16.1. The Morgan fingerprint density at radius 2 is 1.57 bits per heavy atom. The van der Waals surface area contributed by atoms with Gasteiger partial charge in [-0.15, -0.1) is 0 Å². The molecule has 184 valence electrons. The van der Waals surface area contributed by atoms with Crippen molar-refractivity contribution in [1.29, 1.82) is 0 Å². The Bertz CT molecular complexity index is 1100. The third kappa shape index (κ3) is 6.55. The molecule has 4 rings (SSSR count). The van der Waals surface area contributed by atoms with Gasteiger partial charge in [-0.25, -0.2) is 9.97 Å². The Kier molecular flexibility index (Phi) is 7.94. The van der Waals surface area contributed by atoms with Crippen molar-refractivity contribution in [2.45, 2.75) is 13.8 Å². The van der Waals surface area contributed by atoms with E-state index in [4.69, 9.17) is 0 Å². The second-order valence-corrected chi connectivity index (χ2v) is 9.32. The number of carbonyl (C=O) groups excluding carboxylic acids is 1. The average Bonchev–Trinajstić information content (AvgIpc) is 2.86. The highest BCUT2D eigenvalue weighted by Crippen LogP contribution is 2.22. The molecule has 2 heterocycles. The molecule has 0 saturated carbocycles. The molecule has 0 spiro atoms. The van der Waals surface area contributed by atoms with E-state index in [1.807, 2.05) is 44.2 Å². The molecule has 3 aromatic rings. The van der Waals surface area contributed by atoms with Gasteiger partial charge in [0.1, 0.15) is 0 Å². The number of nitrogens with one attached hydrogen (secondary N) is 2. The lowest BCUT2D eigenvalue weighted by Crippen LogP contribution is -2.48. The molecule has 2 aromatic carbocycles. The monoisotopic (exact) mass is 473 g/mol. The Morgan fingerprint density at radius 3 is 2.17 bits per heavy atom. The topological polar surface area (TPSA) is 76.6 Å². The van der Waals surface area contributed by atoms with Crippen molar-refractivity contribution in [2.24, 2.45) is 0 Å². The normalized spacial score (nSPS) is 14.3. The first-order valence-electron chi connectivity index (χ1n) is 12.1. The molecule has 1 aliphatic heterocycles. The standard InChI is InChI=1S/C27H35N7O/c1-20-6-5-7-21(2)25(20)31-26(35)22-18-28-27(29-19-22)30-23-8-10-24(11-9-23)34-16-14-33(15-17-34)13-12-32(3)4/h5-11,18-19H,12-17H2,1-4H3,(H,31,35)(H,28,29,30). The highest BCUT2D eigenvalue weighted by molar-refractivity contribution is 6.04. The van der Waals surface area contributed by atoms with Gasteiger partial charge >= 0.3 is 0 Å². The van der Waals surface area contributed by atoms with Gasteiger partial charge in [0.15, 0.2) is 0 Å². The molecule has 8 nitrogen and oxygen atoms in total. The second-order valence-electron chi connectivity index (χ2n) is 9.32. The summed E-state index contributed by atoms with van der Waals surface area (Å²) in [6, 6.07) is 14.3. The zero-order valence-corrected chi connectivity index (χ0v) is 21.1. The van der Waals surface area contributed by atoms with E-state index in [1.165, 1.54) is 5.69 Å². The van der Waals surface area contributed by atoms with Crippen LogP contribution in [0.5, 0.6) is 0 Å². The predicted molar refractivity (Wildman–Crippen MR) is 143 cm³/mol. The number of benzene rings is 2. The quantitative estimate of drug-likeness (QED) is 0.516. The Balaban J connectivity index is 1.30. The van der Waals surface area contributed by atoms with Crippen LogP contribution in [0.25, 0.3) is 0 Å². The highest BCUT2D eigenvalue weighted by Gasteiger charge is 2.17. The Labute approximate surface area is 208 Å². The number of anilines is 4. The van der Waals surface area contributed by atoms with Crippen LogP contribution in [0.3, 0.4) is 0 Å². The zero-order chi connectivity index (χ0) is 24.8. The first kappa shape index (κ1) is 24.6. The van der Waals surface area contributed by atoms with Gasteiger partial charge in [0, 0.05) is 68.7 Å². The van der Waals surface area contributed by atoms with E-state index in [0.717, 1.165) is 61.8 Å². The van der Waals surface area contributed by atoms with Crippen LogP contribution in [0.1, 0.15) is 21.5 Å². The smallest absolute Gasteiger partial charge is 0.258 e. The number of hydrogen-bond donors (Lipinski definition) is 2. The SMILES string of the molecule is Cc1cccc(C)c1NC(=O)c1cnc(Nc2ccc(N3CCN(CCN(C)C)CC3)cc2)nc1. The van der Waals surface area contributed by atoms with E-state index in [-0.39, 0.29) is 5.91 Å². The van der Waals surface area contributed by atoms with Crippen molar-refractivity contribution in [1.82, 2.24) is 19.8 Å². The van der Waals surface area contributed by atoms with Crippen LogP contribution in [0, 0.1) is 13.8 Å². The summed E-state index contributed by atoms with van der Waals surface area (Å²) < 4.78 is 0. The summed E-state index contributed by atoms with van der Waals surface area (Å²) in [7, 11) is 4.24. The third-order valence-corrected chi connectivity index (χ3v) is 6.36. The van der Waals surface area contributed by atoms with Gasteiger partial charge < -0.3 is 20.4 Å². The number of piperazine rings is 1. The van der Waals surface area contributed by atoms with Crippen molar-refractivity contribution in [2.75, 3.05) is 68.9 Å². The second kappa shape index (κ2) is 11.3. The molecule has 1 aromatic heterocycles. The number of likely N-dealkylation sites (N-methyl/N-ethyl adjacent to an activating group) is 1. The van der Waals surface area contributed by atoms with Crippen LogP contribution in [0.4, 0.5) is 23.0 Å². The molecule has 1 amide bonds. The van der Waals surface area contributed by atoms with Crippen molar-refractivity contribution in [3.8, 4) is 0 Å². The Hall–Kier alpha value is -3.49. The molecule has 0 atom stereocenters. The number of carbonyl (C=O) groups is 1. The maximum absolute atomic E-state index is 12.6. The maximum Gasteiger partial charge on any atom is 0.258 e. The summed E-state index contributed by atoms with van der Waals surface area (Å²) in [6.45, 7) is 10.4. The predicted octanol–water partition coefficient (Wildman–Crippen LogP) is 3.77. The summed E-state index contributed by atoms with van der Waals surface area (Å²) in [6.07, 6.45) is 3.09. The molecule has 8 heteroatoms. The summed E-state index contributed by atoms with van der Waals surface area (Å²) >= 11 is 0. The molecule has 0 aliphatic carbocycles. The van der Waals surface area contributed by atoms with Gasteiger partial charge in [-0.3, -0.25) is 9.69 Å². The zero-order valence-electron chi connectivity index (χ0n) is 21.1. The van der Waals surface area contributed by atoms with E-state index in [1.54, 1.807) is 12.4 Å². The van der Waals surface area contributed by atoms with Crippen molar-refractivity contribution in [3.63, 3.8) is 0 Å². The number of amides is 1. The van der Waals surface area contributed by atoms with Crippen LogP contribution in [-0.2, 0) is 0 Å². The van der Waals surface area contributed by atoms with E-state index in [2.05, 4.69) is 61.5 Å². The molecular formula is C27H35N7O. The number of aromatic nitrogens is 2. The van der Waals surface area contributed by atoms with Crippen LogP contribution < -0.4 is 15.5 Å². The molecule has 0 radical (unpaired) electrons. The van der Waals surface area contributed by atoms with Crippen LogP contribution in [0.2, 0.25) is 0 Å². The van der Waals surface area contributed by atoms with Crippen molar-refractivity contribution < 1.29 is 4.79 Å². The molecule has 2 N–H and O–H groups in total. The minimum absolute atomic E-state index is 0.222. The third-order valence-electron chi connectivity index (χ3n) is 6.36. The van der Waals surface area contributed by atoms with Gasteiger partial charge in [0.05, 0.1) is 5.56 Å². The molecule has 1 aliphatic rings. The van der Waals surface area contributed by atoms with Gasteiger partial charge in [-0.2, -0.15) is 0 Å². The van der Waals surface area contributed by atoms with E-state index in [9.17, 15) is 4.79 Å². The van der Waals surface area contributed by atoms with E-state index in [0.29, 0.717) is 11.5 Å². The molecule has 1 saturated heterocycles. The number of rotatable bonds is 8. The largest absolute Gasteiger partial charge is 0.369 e. The fourth-order valence-corrected chi connectivity index (χ4v) is 4.16. The van der Waals surface area contributed by atoms with Gasteiger partial charge in [-0.05, 0) is 63.3 Å². The molecular weight excluding hydrogens is 438 g/mol. The van der Waals surface area contributed by atoms with Crippen LogP contribution in [-0.4, -0.2) is 79.0 Å². The lowest BCUT2D eigenvalue weighted by atomic mass is 10.1. The fraction of sp³-hybridized carbons (Fsp3) is 0.370. The summed E-state index contributed by atoms with van der Waals surface area (Å²) in [5, 5.41) is 6.18. The van der Waals surface area contributed by atoms with Crippen LogP contribution in [0.15, 0.2) is 54.9 Å². The summed E-state index contributed by atoms with van der Waals surface area (Å²) in [4.78, 5) is 28.5. The lowest BCUT2D eigenvalue weighted by Gasteiger charge is -2.36. The minimum atomic E-state index is -0.222. The molecule has 0 unspecified atom stereocenters. The molecule has 0 bridgehead atoms. The maximum atomic E-state index is 12.6. The number of aryl methyl sites for hydroxylation is 2. The first-order chi connectivity index (χ1) is 16.9. The number of nitrogens with zero attached hydrogens (tertiary/aromatic N) is 5. The van der Waals surface area contributed by atoms with E-state index >= 15 is 0 Å². The van der Waals surface area contributed by atoms with Gasteiger partial charge in [0.2, 0.25) is 5.95 Å². The fourth-order valence-electron chi connectivity index (χ4n) is 4.16. The molecule has 35 heavy (non-hydrogen) atoms. The van der Waals surface area contributed by atoms with Gasteiger partial charge in [-0.1, -0.05) is 18.2 Å². The molecule has 1 fully saturated rings. The number of hydrogen-bond acceptors (Lipinski definition) is 7. The summed E-state index contributed by atoms with van der Waals surface area (Å²) in [5.41, 5.74) is 5.42. The van der Waals surface area contributed by atoms with E-state index < -0.39 is 0 Å². The summed E-state index contributed by atoms with van der Waals surface area (Å²) in [5.74, 6) is 0.232.